The van der Waals surface area contributed by atoms with E-state index in [4.69, 9.17) is 0 Å². The lowest BCUT2D eigenvalue weighted by molar-refractivity contribution is -0.173. The lowest BCUT2D eigenvalue weighted by atomic mass is 10.1. The van der Waals surface area contributed by atoms with Crippen molar-refractivity contribution < 1.29 is 27.5 Å². The van der Waals surface area contributed by atoms with Crippen molar-refractivity contribution in [2.24, 2.45) is 0 Å². The summed E-state index contributed by atoms with van der Waals surface area (Å²) in [6.07, 6.45) is -4.40. The minimum Gasteiger partial charge on any atom is -0.370 e. The van der Waals surface area contributed by atoms with Crippen LogP contribution in [0.4, 0.5) is 18.9 Å². The molecule has 0 aliphatic rings. The summed E-state index contributed by atoms with van der Waals surface area (Å²) in [6, 6.07) is 9.75. The number of carbonyl (C=O) groups excluding carboxylic acids is 2. The largest absolute Gasteiger partial charge is 0.411 e. The highest BCUT2D eigenvalue weighted by molar-refractivity contribution is 7.12. The van der Waals surface area contributed by atoms with Gasteiger partial charge in [-0.05, 0) is 23.6 Å². The molecule has 0 atom stereocenters. The highest BCUT2D eigenvalue weighted by Crippen LogP contribution is 2.18. The van der Waals surface area contributed by atoms with Gasteiger partial charge in [-0.1, -0.05) is 18.2 Å². The van der Waals surface area contributed by atoms with E-state index in [0.29, 0.717) is 10.6 Å². The van der Waals surface area contributed by atoms with Crippen LogP contribution in [0.15, 0.2) is 41.8 Å². The average Bonchev–Trinajstić information content (AvgIpc) is 3.08. The lowest BCUT2D eigenvalue weighted by Gasteiger charge is -2.11. The van der Waals surface area contributed by atoms with Gasteiger partial charge in [0.1, 0.15) is 6.61 Å². The summed E-state index contributed by atoms with van der Waals surface area (Å²) in [5.74, 6) is -0.860. The highest BCUT2D eigenvalue weighted by atomic mass is 32.1. The lowest BCUT2D eigenvalue weighted by Crippen LogP contribution is -2.29. The van der Waals surface area contributed by atoms with Crippen molar-refractivity contribution in [3.05, 3.63) is 52.2 Å². The van der Waals surface area contributed by atoms with Crippen molar-refractivity contribution in [1.82, 2.24) is 5.32 Å². The van der Waals surface area contributed by atoms with E-state index in [0.717, 1.165) is 0 Å². The van der Waals surface area contributed by atoms with Crippen LogP contribution in [0.5, 0.6) is 0 Å². The van der Waals surface area contributed by atoms with Crippen LogP contribution in [0.3, 0.4) is 0 Å². The van der Waals surface area contributed by atoms with E-state index in [1.54, 1.807) is 35.7 Å². The van der Waals surface area contributed by atoms with Crippen LogP contribution in [-0.4, -0.2) is 37.7 Å². The summed E-state index contributed by atoms with van der Waals surface area (Å²) in [6.45, 7) is -1.71. The number of nitrogens with one attached hydrogen (secondary N) is 2. The van der Waals surface area contributed by atoms with Crippen molar-refractivity contribution >= 4 is 28.8 Å². The van der Waals surface area contributed by atoms with Crippen LogP contribution in [0.1, 0.15) is 20.0 Å². The Bertz CT molecular complexity index is 718. The minimum atomic E-state index is -4.40. The second kappa shape index (κ2) is 8.63. The zero-order valence-electron chi connectivity index (χ0n) is 12.9. The molecule has 0 fully saturated rings. The fourth-order valence-electron chi connectivity index (χ4n) is 1.90. The van der Waals surface area contributed by atoms with Crippen molar-refractivity contribution in [2.45, 2.75) is 6.18 Å². The van der Waals surface area contributed by atoms with Crippen LogP contribution in [0.2, 0.25) is 0 Å². The molecule has 0 aliphatic carbocycles. The third kappa shape index (κ3) is 6.20. The van der Waals surface area contributed by atoms with E-state index in [9.17, 15) is 22.8 Å². The summed E-state index contributed by atoms with van der Waals surface area (Å²) in [7, 11) is 0. The molecule has 2 amide bonds. The Hall–Kier alpha value is -2.39. The van der Waals surface area contributed by atoms with E-state index >= 15 is 0 Å². The number of rotatable bonds is 7. The molecule has 25 heavy (non-hydrogen) atoms. The van der Waals surface area contributed by atoms with Crippen molar-refractivity contribution in [3.8, 4) is 0 Å². The highest BCUT2D eigenvalue weighted by Gasteiger charge is 2.27. The number of halogens is 3. The molecule has 0 unspecified atom stereocenters. The molecule has 0 saturated carbocycles. The Morgan fingerprint density at radius 3 is 2.52 bits per heavy atom. The van der Waals surface area contributed by atoms with Crippen molar-refractivity contribution in [1.29, 1.82) is 0 Å². The molecule has 1 aromatic heterocycles. The second-order valence-corrected chi connectivity index (χ2v) is 5.85. The van der Waals surface area contributed by atoms with Crippen LogP contribution in [-0.2, 0) is 4.74 Å². The van der Waals surface area contributed by atoms with Crippen molar-refractivity contribution in [2.75, 3.05) is 25.1 Å². The average molecular weight is 372 g/mol. The zero-order chi connectivity index (χ0) is 18.3. The first-order chi connectivity index (χ1) is 11.9. The summed E-state index contributed by atoms with van der Waals surface area (Å²) < 4.78 is 40.3. The Kier molecular flexibility index (Phi) is 6.54. The van der Waals surface area contributed by atoms with E-state index in [1.165, 1.54) is 17.4 Å². The second-order valence-electron chi connectivity index (χ2n) is 4.90. The molecule has 9 heteroatoms. The molecule has 0 saturated heterocycles. The van der Waals surface area contributed by atoms with E-state index < -0.39 is 18.7 Å². The first-order valence-corrected chi connectivity index (χ1v) is 8.11. The Labute approximate surface area is 145 Å². The number of hydrogen-bond donors (Lipinski definition) is 2. The predicted octanol–water partition coefficient (Wildman–Crippen LogP) is 3.31. The summed E-state index contributed by atoms with van der Waals surface area (Å²) in [5.41, 5.74) is 0.526. The van der Waals surface area contributed by atoms with Gasteiger partial charge in [-0.2, -0.15) is 13.2 Å². The maximum absolute atomic E-state index is 12.2. The molecule has 0 radical (unpaired) electrons. The standard InChI is InChI=1S/C16H15F3N2O3S/c17-16(18,19)10-24-8-7-20-14(22)11-4-1-2-5-12(11)21-15(23)13-6-3-9-25-13/h1-6,9H,7-8,10H2,(H,20,22)(H,21,23). The van der Waals surface area contributed by atoms with Crippen LogP contribution in [0.25, 0.3) is 0 Å². The molecule has 1 heterocycles. The van der Waals surface area contributed by atoms with Gasteiger partial charge in [0.15, 0.2) is 0 Å². The summed E-state index contributed by atoms with van der Waals surface area (Å²) >= 11 is 1.26. The van der Waals surface area contributed by atoms with E-state index in [1.807, 2.05) is 0 Å². The molecule has 2 N–H and O–H groups in total. The fourth-order valence-corrected chi connectivity index (χ4v) is 2.52. The maximum Gasteiger partial charge on any atom is 0.411 e. The normalized spacial score (nSPS) is 11.2. The van der Waals surface area contributed by atoms with Gasteiger partial charge in [-0.3, -0.25) is 9.59 Å². The molecular formula is C16H15F3N2O3S. The summed E-state index contributed by atoms with van der Waals surface area (Å²) in [5, 5.41) is 6.86. The van der Waals surface area contributed by atoms with Gasteiger partial charge in [0.25, 0.3) is 11.8 Å². The number of anilines is 1. The minimum absolute atomic E-state index is 0.0812. The van der Waals surface area contributed by atoms with Gasteiger partial charge >= 0.3 is 6.18 Å². The third-order valence-corrected chi connectivity index (χ3v) is 3.83. The molecule has 2 rings (SSSR count). The Morgan fingerprint density at radius 2 is 1.84 bits per heavy atom. The van der Waals surface area contributed by atoms with Gasteiger partial charge < -0.3 is 15.4 Å². The Morgan fingerprint density at radius 1 is 1.08 bits per heavy atom. The molecule has 0 aliphatic heterocycles. The number of benzene rings is 1. The quantitative estimate of drug-likeness (QED) is 0.733. The number of thiophene rings is 1. The number of para-hydroxylation sites is 1. The SMILES string of the molecule is O=C(Nc1ccccc1C(=O)NCCOCC(F)(F)F)c1cccs1. The molecule has 1 aromatic carbocycles. The van der Waals surface area contributed by atoms with Gasteiger partial charge in [0.2, 0.25) is 0 Å². The molecule has 5 nitrogen and oxygen atoms in total. The Balaban J connectivity index is 1.90. The number of alkyl halides is 3. The maximum atomic E-state index is 12.2. The number of amides is 2. The number of hydrogen-bond acceptors (Lipinski definition) is 4. The predicted molar refractivity (Wildman–Crippen MR) is 87.9 cm³/mol. The first-order valence-electron chi connectivity index (χ1n) is 7.23. The van der Waals surface area contributed by atoms with Gasteiger partial charge in [-0.15, -0.1) is 11.3 Å². The first kappa shape index (κ1) is 18.9. The molecule has 2 aromatic rings. The third-order valence-electron chi connectivity index (χ3n) is 2.96. The number of carbonyl (C=O) groups is 2. The number of ether oxygens (including phenoxy) is 1. The zero-order valence-corrected chi connectivity index (χ0v) is 13.7. The van der Waals surface area contributed by atoms with Crippen LogP contribution in [0, 0.1) is 0 Å². The molecular weight excluding hydrogens is 357 g/mol. The van der Waals surface area contributed by atoms with Crippen LogP contribution < -0.4 is 10.6 Å². The van der Waals surface area contributed by atoms with Crippen LogP contribution >= 0.6 is 11.3 Å². The molecule has 134 valence electrons. The van der Waals surface area contributed by atoms with E-state index in [-0.39, 0.29) is 24.6 Å². The molecule has 0 bridgehead atoms. The van der Waals surface area contributed by atoms with Gasteiger partial charge in [0, 0.05) is 6.54 Å². The fraction of sp³-hybridized carbons (Fsp3) is 0.250. The summed E-state index contributed by atoms with van der Waals surface area (Å²) in [4.78, 5) is 24.7. The molecule has 0 spiro atoms. The smallest absolute Gasteiger partial charge is 0.370 e. The van der Waals surface area contributed by atoms with Crippen molar-refractivity contribution in [3.63, 3.8) is 0 Å². The van der Waals surface area contributed by atoms with Gasteiger partial charge in [0.05, 0.1) is 22.7 Å². The monoisotopic (exact) mass is 372 g/mol. The van der Waals surface area contributed by atoms with E-state index in [2.05, 4.69) is 15.4 Å². The van der Waals surface area contributed by atoms with Gasteiger partial charge in [-0.25, -0.2) is 0 Å². The topological polar surface area (TPSA) is 67.4 Å².